The zero-order valence-electron chi connectivity index (χ0n) is 12.5. The van der Waals surface area contributed by atoms with Gasteiger partial charge in [0.2, 0.25) is 5.91 Å². The molecule has 7 heteroatoms. The highest BCUT2D eigenvalue weighted by Gasteiger charge is 2.32. The van der Waals surface area contributed by atoms with Crippen LogP contribution in [0.5, 0.6) is 0 Å². The minimum Gasteiger partial charge on any atom is -0.481 e. The topological polar surface area (TPSA) is 113 Å². The number of carboxylic acids is 1. The van der Waals surface area contributed by atoms with E-state index in [0.717, 1.165) is 25.7 Å². The summed E-state index contributed by atoms with van der Waals surface area (Å²) < 4.78 is 0. The number of urea groups is 1. The fourth-order valence-corrected chi connectivity index (χ4v) is 2.64. The third kappa shape index (κ3) is 5.61. The van der Waals surface area contributed by atoms with Crippen molar-refractivity contribution >= 4 is 17.9 Å². The van der Waals surface area contributed by atoms with Crippen molar-refractivity contribution in [1.82, 2.24) is 10.2 Å². The van der Waals surface area contributed by atoms with Gasteiger partial charge >= 0.3 is 12.0 Å². The SMILES string of the molecule is CCCCN(CC(N)=O)C(=O)NC1CCCCC1C(=O)O. The lowest BCUT2D eigenvalue weighted by Crippen LogP contribution is -2.52. The Balaban J connectivity index is 2.64. The maximum atomic E-state index is 12.2. The molecule has 0 spiro atoms. The zero-order chi connectivity index (χ0) is 15.8. The minimum atomic E-state index is -0.880. The summed E-state index contributed by atoms with van der Waals surface area (Å²) in [5.74, 6) is -2.00. The van der Waals surface area contributed by atoms with Crippen LogP contribution in [-0.4, -0.2) is 47.0 Å². The van der Waals surface area contributed by atoms with Gasteiger partial charge in [0.1, 0.15) is 6.54 Å². The Kier molecular flexibility index (Phi) is 6.98. The lowest BCUT2D eigenvalue weighted by atomic mass is 9.84. The first kappa shape index (κ1) is 17.3. The molecule has 1 fully saturated rings. The highest BCUT2D eigenvalue weighted by atomic mass is 16.4. The molecule has 2 unspecified atom stereocenters. The third-order valence-electron chi connectivity index (χ3n) is 3.81. The van der Waals surface area contributed by atoms with Crippen LogP contribution in [0.2, 0.25) is 0 Å². The molecule has 3 amide bonds. The number of hydrogen-bond donors (Lipinski definition) is 3. The van der Waals surface area contributed by atoms with Crippen LogP contribution in [-0.2, 0) is 9.59 Å². The number of primary amides is 1. The van der Waals surface area contributed by atoms with Gasteiger partial charge in [0.05, 0.1) is 5.92 Å². The molecule has 1 aliphatic rings. The van der Waals surface area contributed by atoms with Gasteiger partial charge in [-0.3, -0.25) is 9.59 Å². The number of nitrogens with two attached hydrogens (primary N) is 1. The predicted octanol–water partition coefficient (Wildman–Crippen LogP) is 0.927. The Labute approximate surface area is 124 Å². The lowest BCUT2D eigenvalue weighted by Gasteiger charge is -2.31. The normalized spacial score (nSPS) is 21.6. The van der Waals surface area contributed by atoms with E-state index in [9.17, 15) is 19.5 Å². The Hall–Kier alpha value is -1.79. The Bertz CT molecular complexity index is 386. The van der Waals surface area contributed by atoms with E-state index >= 15 is 0 Å². The summed E-state index contributed by atoms with van der Waals surface area (Å²) in [7, 11) is 0. The van der Waals surface area contributed by atoms with Crippen LogP contribution in [0.1, 0.15) is 45.4 Å². The van der Waals surface area contributed by atoms with Gasteiger partial charge in [-0.25, -0.2) is 4.79 Å². The predicted molar refractivity (Wildman–Crippen MR) is 77.6 cm³/mol. The first-order chi connectivity index (χ1) is 9.95. The van der Waals surface area contributed by atoms with Crippen molar-refractivity contribution in [3.63, 3.8) is 0 Å². The van der Waals surface area contributed by atoms with Crippen molar-refractivity contribution < 1.29 is 19.5 Å². The molecule has 2 atom stereocenters. The summed E-state index contributed by atoms with van der Waals surface area (Å²) >= 11 is 0. The van der Waals surface area contributed by atoms with E-state index < -0.39 is 23.8 Å². The van der Waals surface area contributed by atoms with Crippen molar-refractivity contribution in [1.29, 1.82) is 0 Å². The number of carboxylic acid groups (broad SMARTS) is 1. The summed E-state index contributed by atoms with van der Waals surface area (Å²) in [6.07, 6.45) is 4.66. The number of unbranched alkanes of at least 4 members (excludes halogenated alkanes) is 1. The molecule has 0 radical (unpaired) electrons. The molecule has 0 aromatic heterocycles. The van der Waals surface area contributed by atoms with Gasteiger partial charge in [-0.05, 0) is 19.3 Å². The Morgan fingerprint density at radius 3 is 2.52 bits per heavy atom. The highest BCUT2D eigenvalue weighted by Crippen LogP contribution is 2.24. The van der Waals surface area contributed by atoms with E-state index in [1.54, 1.807) is 0 Å². The summed E-state index contributed by atoms with van der Waals surface area (Å²) in [4.78, 5) is 35.9. The quantitative estimate of drug-likeness (QED) is 0.649. The number of rotatable bonds is 7. The monoisotopic (exact) mass is 299 g/mol. The van der Waals surface area contributed by atoms with Crippen molar-refractivity contribution in [2.45, 2.75) is 51.5 Å². The molecule has 0 heterocycles. The number of carbonyl (C=O) groups is 3. The molecule has 0 saturated heterocycles. The van der Waals surface area contributed by atoms with Gasteiger partial charge in [-0.15, -0.1) is 0 Å². The second-order valence-corrected chi connectivity index (χ2v) is 5.53. The minimum absolute atomic E-state index is 0.143. The first-order valence-corrected chi connectivity index (χ1v) is 7.52. The highest BCUT2D eigenvalue weighted by molar-refractivity contribution is 5.83. The molecular weight excluding hydrogens is 274 g/mol. The van der Waals surface area contributed by atoms with E-state index in [1.165, 1.54) is 4.90 Å². The molecule has 1 rings (SSSR count). The molecule has 7 nitrogen and oxygen atoms in total. The third-order valence-corrected chi connectivity index (χ3v) is 3.81. The van der Waals surface area contributed by atoms with Crippen LogP contribution in [0.4, 0.5) is 4.79 Å². The van der Waals surface area contributed by atoms with E-state index in [-0.39, 0.29) is 12.6 Å². The maximum absolute atomic E-state index is 12.2. The van der Waals surface area contributed by atoms with Crippen LogP contribution < -0.4 is 11.1 Å². The summed E-state index contributed by atoms with van der Waals surface area (Å²) in [5, 5.41) is 12.0. The smallest absolute Gasteiger partial charge is 0.318 e. The van der Waals surface area contributed by atoms with Crippen molar-refractivity contribution in [3.8, 4) is 0 Å². The van der Waals surface area contributed by atoms with Crippen LogP contribution >= 0.6 is 0 Å². The van der Waals surface area contributed by atoms with Crippen molar-refractivity contribution in [3.05, 3.63) is 0 Å². The summed E-state index contributed by atoms with van der Waals surface area (Å²) in [6.45, 7) is 2.29. The number of nitrogens with zero attached hydrogens (tertiary/aromatic N) is 1. The van der Waals surface area contributed by atoms with Crippen LogP contribution in [0.3, 0.4) is 0 Å². The Morgan fingerprint density at radius 1 is 1.29 bits per heavy atom. The van der Waals surface area contributed by atoms with Crippen LogP contribution in [0.25, 0.3) is 0 Å². The molecule has 1 saturated carbocycles. The fraction of sp³-hybridized carbons (Fsp3) is 0.786. The van der Waals surface area contributed by atoms with Crippen molar-refractivity contribution in [2.24, 2.45) is 11.7 Å². The molecule has 0 aromatic rings. The van der Waals surface area contributed by atoms with E-state index in [2.05, 4.69) is 5.32 Å². The standard InChI is InChI=1S/C14H25N3O4/c1-2-3-8-17(9-12(15)18)14(21)16-11-7-5-4-6-10(11)13(19)20/h10-11H,2-9H2,1H3,(H2,15,18)(H,16,21)(H,19,20). The van der Waals surface area contributed by atoms with E-state index in [1.807, 2.05) is 6.92 Å². The second-order valence-electron chi connectivity index (χ2n) is 5.53. The second kappa shape index (κ2) is 8.49. The molecule has 21 heavy (non-hydrogen) atoms. The molecule has 0 aliphatic heterocycles. The molecule has 4 N–H and O–H groups in total. The number of aliphatic carboxylic acids is 1. The van der Waals surface area contributed by atoms with Gasteiger partial charge in [0.15, 0.2) is 0 Å². The molecule has 0 aromatic carbocycles. The molecule has 120 valence electrons. The number of hydrogen-bond acceptors (Lipinski definition) is 3. The van der Waals surface area contributed by atoms with Gasteiger partial charge in [0, 0.05) is 12.6 Å². The fourth-order valence-electron chi connectivity index (χ4n) is 2.64. The zero-order valence-corrected chi connectivity index (χ0v) is 12.5. The van der Waals surface area contributed by atoms with E-state index in [4.69, 9.17) is 5.73 Å². The first-order valence-electron chi connectivity index (χ1n) is 7.52. The summed E-state index contributed by atoms with van der Waals surface area (Å²) in [6, 6.07) is -0.777. The number of carbonyl (C=O) groups excluding carboxylic acids is 2. The number of nitrogens with one attached hydrogen (secondary N) is 1. The molecule has 1 aliphatic carbocycles. The maximum Gasteiger partial charge on any atom is 0.318 e. The van der Waals surface area contributed by atoms with Gasteiger partial charge in [-0.2, -0.15) is 0 Å². The average molecular weight is 299 g/mol. The number of amides is 3. The average Bonchev–Trinajstić information content (AvgIpc) is 2.43. The Morgan fingerprint density at radius 2 is 1.95 bits per heavy atom. The summed E-state index contributed by atoms with van der Waals surface area (Å²) in [5.41, 5.74) is 5.16. The molecular formula is C14H25N3O4. The van der Waals surface area contributed by atoms with Crippen LogP contribution in [0, 0.1) is 5.92 Å². The molecule has 0 bridgehead atoms. The van der Waals surface area contributed by atoms with Gasteiger partial charge < -0.3 is 21.1 Å². The lowest BCUT2D eigenvalue weighted by molar-refractivity contribution is -0.143. The van der Waals surface area contributed by atoms with Gasteiger partial charge in [-0.1, -0.05) is 26.2 Å². The van der Waals surface area contributed by atoms with Gasteiger partial charge in [0.25, 0.3) is 0 Å². The van der Waals surface area contributed by atoms with Crippen LogP contribution in [0.15, 0.2) is 0 Å². The van der Waals surface area contributed by atoms with Crippen molar-refractivity contribution in [2.75, 3.05) is 13.1 Å². The largest absolute Gasteiger partial charge is 0.481 e. The van der Waals surface area contributed by atoms with E-state index in [0.29, 0.717) is 19.4 Å².